The number of likely N-dealkylation sites (tertiary alicyclic amines) is 1. The molecule has 0 saturated carbocycles. The lowest BCUT2D eigenvalue weighted by Crippen LogP contribution is -3.13. The molecule has 7 heteroatoms. The SMILES string of the molecule is CCc1nc2sc([C@H](c3cccc(C)c3)[NH+]3CCC(O)CC3)c(O)n2n1. The fraction of sp³-hybridized carbons (Fsp3) is 0.474. The van der Waals surface area contributed by atoms with E-state index >= 15 is 0 Å². The van der Waals surface area contributed by atoms with E-state index in [1.54, 1.807) is 4.52 Å². The van der Waals surface area contributed by atoms with Crippen LogP contribution < -0.4 is 4.90 Å². The molecule has 0 unspecified atom stereocenters. The molecule has 1 fully saturated rings. The van der Waals surface area contributed by atoms with E-state index in [4.69, 9.17) is 0 Å². The van der Waals surface area contributed by atoms with E-state index in [-0.39, 0.29) is 18.0 Å². The smallest absolute Gasteiger partial charge is 0.235 e. The van der Waals surface area contributed by atoms with Gasteiger partial charge in [-0.2, -0.15) is 4.52 Å². The van der Waals surface area contributed by atoms with E-state index in [0.717, 1.165) is 48.0 Å². The van der Waals surface area contributed by atoms with Gasteiger partial charge in [-0.1, -0.05) is 42.0 Å². The number of aliphatic hydroxyl groups excluding tert-OH is 1. The lowest BCUT2D eigenvalue weighted by Gasteiger charge is -2.33. The number of aromatic nitrogens is 3. The summed E-state index contributed by atoms with van der Waals surface area (Å²) in [4.78, 5) is 7.54. The van der Waals surface area contributed by atoms with E-state index in [2.05, 4.69) is 41.3 Å². The van der Waals surface area contributed by atoms with E-state index in [1.165, 1.54) is 27.4 Å². The molecule has 6 nitrogen and oxygen atoms in total. The Labute approximate surface area is 156 Å². The number of thiazole rings is 1. The molecule has 1 aliphatic rings. The van der Waals surface area contributed by atoms with Crippen molar-refractivity contribution in [2.75, 3.05) is 13.1 Å². The van der Waals surface area contributed by atoms with Crippen LogP contribution in [0.25, 0.3) is 4.96 Å². The molecule has 26 heavy (non-hydrogen) atoms. The van der Waals surface area contributed by atoms with Gasteiger partial charge in [0.05, 0.1) is 19.2 Å². The van der Waals surface area contributed by atoms with E-state index in [9.17, 15) is 10.2 Å². The minimum Gasteiger partial charge on any atom is -0.492 e. The standard InChI is InChI=1S/C19H24N4O2S/c1-3-15-20-19-23(21-15)18(25)17(26-19)16(13-6-4-5-12(2)11-13)22-9-7-14(24)8-10-22/h4-6,11,14,16,24-25H,3,7-10H2,1-2H3/p+1/t16-/m0/s1. The summed E-state index contributed by atoms with van der Waals surface area (Å²) in [6.07, 6.45) is 2.12. The van der Waals surface area contributed by atoms with Crippen LogP contribution in [0.4, 0.5) is 0 Å². The fourth-order valence-corrected chi connectivity index (χ4v) is 4.97. The van der Waals surface area contributed by atoms with Gasteiger partial charge in [-0.15, -0.1) is 5.10 Å². The lowest BCUT2D eigenvalue weighted by molar-refractivity contribution is -0.931. The van der Waals surface area contributed by atoms with Crippen molar-refractivity contribution in [3.05, 3.63) is 46.1 Å². The first kappa shape index (κ1) is 17.5. The molecule has 0 aliphatic carbocycles. The summed E-state index contributed by atoms with van der Waals surface area (Å²) in [7, 11) is 0. The minimum absolute atomic E-state index is 0.0287. The third-order valence-corrected chi connectivity index (χ3v) is 6.29. The number of rotatable bonds is 4. The predicted octanol–water partition coefficient (Wildman–Crippen LogP) is 1.50. The first-order valence-electron chi connectivity index (χ1n) is 9.23. The van der Waals surface area contributed by atoms with Crippen molar-refractivity contribution in [1.29, 1.82) is 0 Å². The summed E-state index contributed by atoms with van der Waals surface area (Å²) in [5.41, 5.74) is 2.39. The highest BCUT2D eigenvalue weighted by Gasteiger charge is 2.35. The number of aliphatic hydroxyl groups is 1. The molecular formula is C19H25N4O2S+. The summed E-state index contributed by atoms with van der Waals surface area (Å²) >= 11 is 1.52. The van der Waals surface area contributed by atoms with Gasteiger partial charge >= 0.3 is 0 Å². The van der Waals surface area contributed by atoms with Crippen LogP contribution >= 0.6 is 11.3 Å². The van der Waals surface area contributed by atoms with Crippen LogP contribution in [0.15, 0.2) is 24.3 Å². The van der Waals surface area contributed by atoms with Crippen LogP contribution in [-0.4, -0.2) is 44.0 Å². The van der Waals surface area contributed by atoms with Crippen molar-refractivity contribution in [2.24, 2.45) is 0 Å². The zero-order chi connectivity index (χ0) is 18.3. The van der Waals surface area contributed by atoms with Gasteiger partial charge in [0.1, 0.15) is 4.88 Å². The predicted molar refractivity (Wildman–Crippen MR) is 101 cm³/mol. The second-order valence-corrected chi connectivity index (χ2v) is 8.11. The second kappa shape index (κ2) is 6.98. The Morgan fingerprint density at radius 1 is 1.35 bits per heavy atom. The Hall–Kier alpha value is -1.96. The molecule has 1 aromatic carbocycles. The van der Waals surface area contributed by atoms with E-state index < -0.39 is 0 Å². The van der Waals surface area contributed by atoms with E-state index in [1.807, 2.05) is 6.92 Å². The van der Waals surface area contributed by atoms with Crippen molar-refractivity contribution in [3.8, 4) is 5.88 Å². The summed E-state index contributed by atoms with van der Waals surface area (Å²) in [6, 6.07) is 8.50. The van der Waals surface area contributed by atoms with Gasteiger partial charge < -0.3 is 15.1 Å². The molecule has 0 spiro atoms. The molecule has 1 atom stereocenters. The molecule has 4 rings (SSSR count). The highest BCUT2D eigenvalue weighted by Crippen LogP contribution is 2.35. The van der Waals surface area contributed by atoms with E-state index in [0.29, 0.717) is 0 Å². The average molecular weight is 374 g/mol. The molecule has 2 aromatic heterocycles. The summed E-state index contributed by atoms with van der Waals surface area (Å²) < 4.78 is 1.57. The van der Waals surface area contributed by atoms with Gasteiger partial charge in [0.25, 0.3) is 0 Å². The molecule has 138 valence electrons. The van der Waals surface area contributed by atoms with Crippen molar-refractivity contribution in [1.82, 2.24) is 14.6 Å². The zero-order valence-electron chi connectivity index (χ0n) is 15.1. The Morgan fingerprint density at radius 2 is 2.12 bits per heavy atom. The van der Waals surface area contributed by atoms with Gasteiger partial charge in [-0.3, -0.25) is 0 Å². The number of piperidine rings is 1. The van der Waals surface area contributed by atoms with Gasteiger partial charge in [0.2, 0.25) is 10.8 Å². The molecule has 3 aromatic rings. The van der Waals surface area contributed by atoms with Crippen molar-refractivity contribution >= 4 is 16.3 Å². The topological polar surface area (TPSA) is 75.1 Å². The summed E-state index contributed by atoms with van der Waals surface area (Å²) in [5, 5.41) is 25.2. The maximum atomic E-state index is 10.9. The second-order valence-electron chi connectivity index (χ2n) is 7.10. The molecule has 3 heterocycles. The van der Waals surface area contributed by atoms with Crippen LogP contribution in [0, 0.1) is 6.92 Å². The number of quaternary nitrogens is 1. The quantitative estimate of drug-likeness (QED) is 0.648. The Kier molecular flexibility index (Phi) is 4.69. The zero-order valence-corrected chi connectivity index (χ0v) is 16.0. The number of hydrogen-bond donors (Lipinski definition) is 3. The number of aryl methyl sites for hydroxylation is 2. The van der Waals surface area contributed by atoms with Gasteiger partial charge in [0.15, 0.2) is 11.9 Å². The van der Waals surface area contributed by atoms with Crippen LogP contribution in [0.2, 0.25) is 0 Å². The third-order valence-electron chi connectivity index (χ3n) is 5.20. The lowest BCUT2D eigenvalue weighted by atomic mass is 9.98. The van der Waals surface area contributed by atoms with Crippen LogP contribution in [0.3, 0.4) is 0 Å². The van der Waals surface area contributed by atoms with Gasteiger partial charge in [-0.25, -0.2) is 4.98 Å². The largest absolute Gasteiger partial charge is 0.492 e. The van der Waals surface area contributed by atoms with Crippen molar-refractivity contribution in [3.63, 3.8) is 0 Å². The number of nitrogens with one attached hydrogen (secondary N) is 1. The maximum Gasteiger partial charge on any atom is 0.235 e. The summed E-state index contributed by atoms with van der Waals surface area (Å²) in [5.74, 6) is 0.945. The van der Waals surface area contributed by atoms with Gasteiger partial charge in [0, 0.05) is 24.8 Å². The number of aromatic hydroxyl groups is 1. The molecule has 1 saturated heterocycles. The minimum atomic E-state index is -0.208. The van der Waals surface area contributed by atoms with Gasteiger partial charge in [-0.05, 0) is 13.0 Å². The van der Waals surface area contributed by atoms with Crippen molar-refractivity contribution < 1.29 is 15.1 Å². The first-order valence-corrected chi connectivity index (χ1v) is 10.0. The number of fused-ring (bicyclic) bond motifs is 1. The van der Waals surface area contributed by atoms with Crippen LogP contribution in [0.1, 0.15) is 47.6 Å². The Balaban J connectivity index is 1.79. The number of hydrogen-bond acceptors (Lipinski definition) is 5. The Bertz CT molecular complexity index is 912. The third kappa shape index (κ3) is 3.11. The average Bonchev–Trinajstić information content (AvgIpc) is 3.17. The highest BCUT2D eigenvalue weighted by molar-refractivity contribution is 7.17. The summed E-state index contributed by atoms with van der Waals surface area (Å²) in [6.45, 7) is 5.86. The fourth-order valence-electron chi connectivity index (χ4n) is 3.81. The molecule has 3 N–H and O–H groups in total. The molecule has 0 radical (unpaired) electrons. The molecular weight excluding hydrogens is 348 g/mol. The van der Waals surface area contributed by atoms with Crippen molar-refractivity contribution in [2.45, 2.75) is 45.3 Å². The highest BCUT2D eigenvalue weighted by atomic mass is 32.1. The first-order chi connectivity index (χ1) is 12.6. The van der Waals surface area contributed by atoms with Crippen LogP contribution in [-0.2, 0) is 6.42 Å². The molecule has 1 aliphatic heterocycles. The molecule has 0 bridgehead atoms. The van der Waals surface area contributed by atoms with Crippen LogP contribution in [0.5, 0.6) is 5.88 Å². The normalized spacial score (nSPS) is 22.0. The Morgan fingerprint density at radius 3 is 2.77 bits per heavy atom. The number of benzene rings is 1. The molecule has 0 amide bonds. The number of nitrogens with zero attached hydrogens (tertiary/aromatic N) is 3. The maximum absolute atomic E-state index is 10.9. The monoisotopic (exact) mass is 373 g/mol.